The van der Waals surface area contributed by atoms with Gasteiger partial charge in [0, 0.05) is 0 Å². The standard InChI is InChI=1S/C14H20ClF/c1-5-6-9(2)14(15)13-10(3)7-12(16)8-11(13)4/h7-9,14H,5-6H2,1-4H3. The van der Waals surface area contributed by atoms with Crippen LogP contribution in [0.4, 0.5) is 4.39 Å². The maximum Gasteiger partial charge on any atom is 0.123 e. The minimum Gasteiger partial charge on any atom is -0.207 e. The summed E-state index contributed by atoms with van der Waals surface area (Å²) in [6.45, 7) is 8.17. The average Bonchev–Trinajstić information content (AvgIpc) is 2.16. The summed E-state index contributed by atoms with van der Waals surface area (Å²) in [7, 11) is 0. The second kappa shape index (κ2) is 5.67. The van der Waals surface area contributed by atoms with Crippen LogP contribution in [0.3, 0.4) is 0 Å². The van der Waals surface area contributed by atoms with Crippen LogP contribution in [0.25, 0.3) is 0 Å². The van der Waals surface area contributed by atoms with Crippen molar-refractivity contribution in [1.82, 2.24) is 0 Å². The zero-order valence-electron chi connectivity index (χ0n) is 10.5. The molecule has 0 bridgehead atoms. The minimum absolute atomic E-state index is 0.0134. The topological polar surface area (TPSA) is 0 Å². The summed E-state index contributed by atoms with van der Waals surface area (Å²) in [5.41, 5.74) is 3.02. The lowest BCUT2D eigenvalue weighted by Crippen LogP contribution is -2.07. The molecule has 2 atom stereocenters. The van der Waals surface area contributed by atoms with E-state index in [1.807, 2.05) is 13.8 Å². The van der Waals surface area contributed by atoms with E-state index in [0.717, 1.165) is 29.5 Å². The molecule has 90 valence electrons. The van der Waals surface area contributed by atoms with E-state index < -0.39 is 0 Å². The molecule has 0 heterocycles. The third-order valence-electron chi connectivity index (χ3n) is 3.08. The van der Waals surface area contributed by atoms with Crippen LogP contribution in [-0.2, 0) is 0 Å². The van der Waals surface area contributed by atoms with Crippen molar-refractivity contribution in [3.8, 4) is 0 Å². The van der Waals surface area contributed by atoms with Crippen LogP contribution in [0.1, 0.15) is 48.8 Å². The van der Waals surface area contributed by atoms with Crippen molar-refractivity contribution in [2.75, 3.05) is 0 Å². The van der Waals surface area contributed by atoms with E-state index >= 15 is 0 Å². The molecule has 16 heavy (non-hydrogen) atoms. The summed E-state index contributed by atoms with van der Waals surface area (Å²) in [6, 6.07) is 3.13. The molecule has 0 saturated carbocycles. The second-order valence-corrected chi connectivity index (χ2v) is 5.09. The maximum atomic E-state index is 13.2. The van der Waals surface area contributed by atoms with Crippen molar-refractivity contribution < 1.29 is 4.39 Å². The molecule has 2 unspecified atom stereocenters. The molecule has 1 rings (SSSR count). The molecule has 0 aromatic heterocycles. The number of alkyl halides is 1. The van der Waals surface area contributed by atoms with Crippen LogP contribution >= 0.6 is 11.6 Å². The first-order valence-corrected chi connectivity index (χ1v) is 6.31. The van der Waals surface area contributed by atoms with E-state index in [2.05, 4.69) is 13.8 Å². The minimum atomic E-state index is -0.175. The van der Waals surface area contributed by atoms with Gasteiger partial charge >= 0.3 is 0 Å². The van der Waals surface area contributed by atoms with E-state index in [-0.39, 0.29) is 11.2 Å². The number of aryl methyl sites for hydroxylation is 2. The Balaban J connectivity index is 3.03. The molecule has 0 nitrogen and oxygen atoms in total. The lowest BCUT2D eigenvalue weighted by molar-refractivity contribution is 0.504. The lowest BCUT2D eigenvalue weighted by Gasteiger charge is -2.21. The van der Waals surface area contributed by atoms with Gasteiger partial charge in [0.25, 0.3) is 0 Å². The van der Waals surface area contributed by atoms with Crippen LogP contribution in [-0.4, -0.2) is 0 Å². The van der Waals surface area contributed by atoms with E-state index in [1.54, 1.807) is 12.1 Å². The number of rotatable bonds is 4. The summed E-state index contributed by atoms with van der Waals surface area (Å²) in [6.07, 6.45) is 2.23. The van der Waals surface area contributed by atoms with Gasteiger partial charge in [-0.1, -0.05) is 20.3 Å². The van der Waals surface area contributed by atoms with E-state index in [4.69, 9.17) is 11.6 Å². The summed E-state index contributed by atoms with van der Waals surface area (Å²) in [5.74, 6) is 0.250. The Labute approximate surface area is 103 Å². The molecular formula is C14H20ClF. The van der Waals surface area contributed by atoms with Crippen LogP contribution in [0, 0.1) is 25.6 Å². The van der Waals surface area contributed by atoms with Crippen molar-refractivity contribution in [3.63, 3.8) is 0 Å². The average molecular weight is 243 g/mol. The van der Waals surface area contributed by atoms with Crippen LogP contribution in [0.15, 0.2) is 12.1 Å². The van der Waals surface area contributed by atoms with Gasteiger partial charge in [0.15, 0.2) is 0 Å². The lowest BCUT2D eigenvalue weighted by atomic mass is 9.90. The van der Waals surface area contributed by atoms with Gasteiger partial charge in [-0.15, -0.1) is 11.6 Å². The van der Waals surface area contributed by atoms with Crippen molar-refractivity contribution in [2.24, 2.45) is 5.92 Å². The summed E-state index contributed by atoms with van der Waals surface area (Å²) >= 11 is 6.48. The van der Waals surface area contributed by atoms with Gasteiger partial charge in [-0.05, 0) is 55.0 Å². The molecule has 0 aliphatic rings. The van der Waals surface area contributed by atoms with Gasteiger partial charge in [-0.2, -0.15) is 0 Å². The quantitative estimate of drug-likeness (QED) is 0.640. The predicted octanol–water partition coefficient (Wildman–Crippen LogP) is 5.16. The predicted molar refractivity (Wildman–Crippen MR) is 68.5 cm³/mol. The van der Waals surface area contributed by atoms with Crippen LogP contribution in [0.5, 0.6) is 0 Å². The summed E-state index contributed by atoms with van der Waals surface area (Å²) in [4.78, 5) is 0. The molecule has 0 aliphatic heterocycles. The SMILES string of the molecule is CCCC(C)C(Cl)c1c(C)cc(F)cc1C. The third-order valence-corrected chi connectivity index (χ3v) is 3.73. The molecule has 2 heteroatoms. The van der Waals surface area contributed by atoms with E-state index in [9.17, 15) is 4.39 Å². The van der Waals surface area contributed by atoms with Crippen molar-refractivity contribution >= 4 is 11.6 Å². The van der Waals surface area contributed by atoms with E-state index in [0.29, 0.717) is 5.92 Å². The highest BCUT2D eigenvalue weighted by Crippen LogP contribution is 2.35. The Hall–Kier alpha value is -0.560. The van der Waals surface area contributed by atoms with Gasteiger partial charge in [0.2, 0.25) is 0 Å². The Morgan fingerprint density at radius 2 is 1.75 bits per heavy atom. The number of hydrogen-bond donors (Lipinski definition) is 0. The van der Waals surface area contributed by atoms with Gasteiger partial charge in [-0.3, -0.25) is 0 Å². The van der Waals surface area contributed by atoms with Crippen molar-refractivity contribution in [1.29, 1.82) is 0 Å². The number of benzene rings is 1. The third kappa shape index (κ3) is 2.98. The molecule has 0 N–H and O–H groups in total. The summed E-state index contributed by atoms with van der Waals surface area (Å²) in [5, 5.41) is -0.0134. The molecule has 0 aliphatic carbocycles. The maximum absolute atomic E-state index is 13.2. The Kier molecular flexibility index (Phi) is 4.79. The highest BCUT2D eigenvalue weighted by atomic mass is 35.5. The Morgan fingerprint density at radius 3 is 2.19 bits per heavy atom. The van der Waals surface area contributed by atoms with Gasteiger partial charge in [-0.25, -0.2) is 4.39 Å². The van der Waals surface area contributed by atoms with Gasteiger partial charge in [0.05, 0.1) is 5.38 Å². The highest BCUT2D eigenvalue weighted by Gasteiger charge is 2.20. The smallest absolute Gasteiger partial charge is 0.123 e. The number of halogens is 2. The highest BCUT2D eigenvalue weighted by molar-refractivity contribution is 6.21. The van der Waals surface area contributed by atoms with Gasteiger partial charge in [0.1, 0.15) is 5.82 Å². The molecule has 0 radical (unpaired) electrons. The molecule has 0 saturated heterocycles. The number of hydrogen-bond acceptors (Lipinski definition) is 0. The monoisotopic (exact) mass is 242 g/mol. The van der Waals surface area contributed by atoms with Crippen molar-refractivity contribution in [2.45, 2.75) is 45.9 Å². The first-order valence-electron chi connectivity index (χ1n) is 5.88. The Morgan fingerprint density at radius 1 is 1.25 bits per heavy atom. The Bertz CT molecular complexity index is 337. The second-order valence-electron chi connectivity index (χ2n) is 4.62. The fourth-order valence-electron chi connectivity index (χ4n) is 2.24. The molecule has 0 spiro atoms. The molecule has 1 aromatic carbocycles. The summed E-state index contributed by atoms with van der Waals surface area (Å²) < 4.78 is 13.2. The van der Waals surface area contributed by atoms with Crippen molar-refractivity contribution in [3.05, 3.63) is 34.6 Å². The van der Waals surface area contributed by atoms with Crippen LogP contribution in [0.2, 0.25) is 0 Å². The zero-order chi connectivity index (χ0) is 12.3. The molecular weight excluding hydrogens is 223 g/mol. The molecule has 0 fully saturated rings. The van der Waals surface area contributed by atoms with E-state index in [1.165, 1.54) is 0 Å². The first kappa shape index (κ1) is 13.5. The normalized spacial score (nSPS) is 14.9. The largest absolute Gasteiger partial charge is 0.207 e. The fourth-order valence-corrected chi connectivity index (χ4v) is 2.71. The van der Waals surface area contributed by atoms with Gasteiger partial charge < -0.3 is 0 Å². The fraction of sp³-hybridized carbons (Fsp3) is 0.571. The first-order chi connectivity index (χ1) is 7.47. The molecule has 1 aromatic rings. The zero-order valence-corrected chi connectivity index (χ0v) is 11.2. The molecule has 0 amide bonds. The van der Waals surface area contributed by atoms with Crippen LogP contribution < -0.4 is 0 Å².